The van der Waals surface area contributed by atoms with Gasteiger partial charge in [0.05, 0.1) is 6.61 Å². The van der Waals surface area contributed by atoms with Gasteiger partial charge in [-0.25, -0.2) is 9.97 Å². The third-order valence-corrected chi connectivity index (χ3v) is 3.41. The predicted octanol–water partition coefficient (Wildman–Crippen LogP) is 4.26. The molecule has 0 saturated carbocycles. The number of rotatable bonds is 6. The van der Waals surface area contributed by atoms with Crippen molar-refractivity contribution in [2.24, 2.45) is 0 Å². The number of nitrogens with zero attached hydrogens (tertiary/aromatic N) is 3. The van der Waals surface area contributed by atoms with E-state index >= 15 is 0 Å². The standard InChI is InChI=1S/C18H15F3N4O/c19-18(20,21)16-8-11-23-17(25-16)24-14-4-6-15(7-5-14)26-12-9-13-3-1-2-10-22-13/h1-8,10-11H,9,12H2,(H,23,24,25). The van der Waals surface area contributed by atoms with E-state index in [9.17, 15) is 13.2 Å². The lowest BCUT2D eigenvalue weighted by atomic mass is 10.3. The molecule has 0 aliphatic heterocycles. The quantitative estimate of drug-likeness (QED) is 0.712. The Bertz CT molecular complexity index is 839. The van der Waals surface area contributed by atoms with E-state index in [0.717, 1.165) is 18.0 Å². The molecule has 26 heavy (non-hydrogen) atoms. The Hall–Kier alpha value is -3.16. The smallest absolute Gasteiger partial charge is 0.433 e. The Morgan fingerprint density at radius 1 is 0.923 bits per heavy atom. The predicted molar refractivity (Wildman–Crippen MR) is 90.2 cm³/mol. The number of halogens is 3. The van der Waals surface area contributed by atoms with Crippen LogP contribution in [-0.2, 0) is 12.6 Å². The van der Waals surface area contributed by atoms with E-state index in [4.69, 9.17) is 4.74 Å². The van der Waals surface area contributed by atoms with Crippen molar-refractivity contribution in [2.45, 2.75) is 12.6 Å². The van der Waals surface area contributed by atoms with Crippen molar-refractivity contribution in [1.82, 2.24) is 15.0 Å². The first-order valence-electron chi connectivity index (χ1n) is 7.81. The minimum absolute atomic E-state index is 0.122. The monoisotopic (exact) mass is 360 g/mol. The fourth-order valence-electron chi connectivity index (χ4n) is 2.16. The highest BCUT2D eigenvalue weighted by molar-refractivity contribution is 5.54. The molecule has 0 unspecified atom stereocenters. The van der Waals surface area contributed by atoms with Crippen molar-refractivity contribution in [2.75, 3.05) is 11.9 Å². The zero-order valence-corrected chi connectivity index (χ0v) is 13.6. The van der Waals surface area contributed by atoms with Gasteiger partial charge in [-0.3, -0.25) is 4.98 Å². The zero-order valence-electron chi connectivity index (χ0n) is 13.6. The first kappa shape index (κ1) is 17.7. The largest absolute Gasteiger partial charge is 0.493 e. The van der Waals surface area contributed by atoms with Crippen molar-refractivity contribution in [3.05, 3.63) is 72.3 Å². The van der Waals surface area contributed by atoms with Gasteiger partial charge in [0.2, 0.25) is 5.95 Å². The minimum Gasteiger partial charge on any atom is -0.493 e. The van der Waals surface area contributed by atoms with E-state index in [0.29, 0.717) is 24.5 Å². The number of nitrogens with one attached hydrogen (secondary N) is 1. The maximum absolute atomic E-state index is 12.7. The van der Waals surface area contributed by atoms with E-state index < -0.39 is 11.9 Å². The molecule has 0 bridgehead atoms. The third kappa shape index (κ3) is 4.92. The maximum Gasteiger partial charge on any atom is 0.433 e. The minimum atomic E-state index is -4.51. The Labute approximate surface area is 147 Å². The summed E-state index contributed by atoms with van der Waals surface area (Å²) < 4.78 is 43.6. The molecule has 5 nitrogen and oxygen atoms in total. The highest BCUT2D eigenvalue weighted by Gasteiger charge is 2.32. The second kappa shape index (κ2) is 7.81. The van der Waals surface area contributed by atoms with Crippen LogP contribution in [0, 0.1) is 0 Å². The Morgan fingerprint density at radius 2 is 1.73 bits per heavy atom. The molecule has 8 heteroatoms. The summed E-state index contributed by atoms with van der Waals surface area (Å²) in [6.07, 6.45) is -1.04. The van der Waals surface area contributed by atoms with Gasteiger partial charge in [0.1, 0.15) is 11.4 Å². The average Bonchev–Trinajstić information content (AvgIpc) is 2.64. The van der Waals surface area contributed by atoms with Crippen molar-refractivity contribution < 1.29 is 17.9 Å². The first-order valence-corrected chi connectivity index (χ1v) is 7.81. The lowest BCUT2D eigenvalue weighted by molar-refractivity contribution is -0.141. The number of benzene rings is 1. The second-order valence-corrected chi connectivity index (χ2v) is 5.33. The average molecular weight is 360 g/mol. The van der Waals surface area contributed by atoms with E-state index in [2.05, 4.69) is 20.3 Å². The SMILES string of the molecule is FC(F)(F)c1ccnc(Nc2ccc(OCCc3ccccn3)cc2)n1. The molecular weight excluding hydrogens is 345 g/mol. The van der Waals surface area contributed by atoms with Crippen LogP contribution in [0.2, 0.25) is 0 Å². The Kier molecular flexibility index (Phi) is 5.31. The molecule has 0 radical (unpaired) electrons. The number of alkyl halides is 3. The number of pyridine rings is 1. The van der Waals surface area contributed by atoms with Crippen LogP contribution >= 0.6 is 0 Å². The topological polar surface area (TPSA) is 59.9 Å². The van der Waals surface area contributed by atoms with Gasteiger partial charge in [-0.05, 0) is 42.5 Å². The van der Waals surface area contributed by atoms with Crippen LogP contribution in [0.5, 0.6) is 5.75 Å². The molecule has 2 heterocycles. The molecule has 0 saturated heterocycles. The summed E-state index contributed by atoms with van der Waals surface area (Å²) in [5.41, 5.74) is 0.498. The highest BCUT2D eigenvalue weighted by atomic mass is 19.4. The summed E-state index contributed by atoms with van der Waals surface area (Å²) in [5, 5.41) is 2.74. The molecule has 0 aliphatic carbocycles. The van der Waals surface area contributed by atoms with Crippen LogP contribution in [0.4, 0.5) is 24.8 Å². The van der Waals surface area contributed by atoms with Crippen LogP contribution in [0.15, 0.2) is 60.9 Å². The molecule has 134 valence electrons. The third-order valence-electron chi connectivity index (χ3n) is 3.41. The summed E-state index contributed by atoms with van der Waals surface area (Å²) in [7, 11) is 0. The van der Waals surface area contributed by atoms with Crippen LogP contribution in [-0.4, -0.2) is 21.6 Å². The van der Waals surface area contributed by atoms with Crippen LogP contribution in [0.1, 0.15) is 11.4 Å². The molecule has 1 aromatic carbocycles. The molecule has 2 aromatic heterocycles. The van der Waals surface area contributed by atoms with E-state index in [1.54, 1.807) is 30.5 Å². The Morgan fingerprint density at radius 3 is 2.42 bits per heavy atom. The van der Waals surface area contributed by atoms with Crippen molar-refractivity contribution in [1.29, 1.82) is 0 Å². The molecule has 0 amide bonds. The molecule has 0 atom stereocenters. The normalized spacial score (nSPS) is 11.2. The number of aromatic nitrogens is 3. The van der Waals surface area contributed by atoms with Crippen molar-refractivity contribution in [3.8, 4) is 5.75 Å². The summed E-state index contributed by atoms with van der Waals surface area (Å²) in [6.45, 7) is 0.473. The molecular formula is C18H15F3N4O. The molecule has 0 spiro atoms. The molecule has 3 aromatic rings. The van der Waals surface area contributed by atoms with Crippen molar-refractivity contribution in [3.63, 3.8) is 0 Å². The zero-order chi connectivity index (χ0) is 18.4. The lowest BCUT2D eigenvalue weighted by Crippen LogP contribution is -2.10. The van der Waals surface area contributed by atoms with E-state index in [1.807, 2.05) is 18.2 Å². The summed E-state index contributed by atoms with van der Waals surface area (Å²) in [5.74, 6) is 0.528. The van der Waals surface area contributed by atoms with Gasteiger partial charge in [-0.15, -0.1) is 0 Å². The summed E-state index contributed by atoms with van der Waals surface area (Å²) in [4.78, 5) is 11.5. The molecule has 0 fully saturated rings. The fraction of sp³-hybridized carbons (Fsp3) is 0.167. The second-order valence-electron chi connectivity index (χ2n) is 5.33. The number of anilines is 2. The lowest BCUT2D eigenvalue weighted by Gasteiger charge is -2.10. The van der Waals surface area contributed by atoms with Crippen LogP contribution < -0.4 is 10.1 Å². The number of hydrogen-bond donors (Lipinski definition) is 1. The van der Waals surface area contributed by atoms with Crippen LogP contribution in [0.25, 0.3) is 0 Å². The van der Waals surface area contributed by atoms with Gasteiger partial charge in [0.25, 0.3) is 0 Å². The number of ether oxygens (including phenoxy) is 1. The Balaban J connectivity index is 1.56. The van der Waals surface area contributed by atoms with Gasteiger partial charge < -0.3 is 10.1 Å². The maximum atomic E-state index is 12.7. The van der Waals surface area contributed by atoms with E-state index in [1.165, 1.54) is 0 Å². The molecule has 3 rings (SSSR count). The van der Waals surface area contributed by atoms with Crippen molar-refractivity contribution >= 4 is 11.6 Å². The highest BCUT2D eigenvalue weighted by Crippen LogP contribution is 2.28. The molecule has 0 aliphatic rings. The van der Waals surface area contributed by atoms with Crippen LogP contribution in [0.3, 0.4) is 0 Å². The molecule has 1 N–H and O–H groups in total. The van der Waals surface area contributed by atoms with Gasteiger partial charge in [0.15, 0.2) is 0 Å². The van der Waals surface area contributed by atoms with Gasteiger partial charge in [-0.2, -0.15) is 13.2 Å². The summed E-state index contributed by atoms with van der Waals surface area (Å²) >= 11 is 0. The summed E-state index contributed by atoms with van der Waals surface area (Å²) in [6, 6.07) is 13.3. The fourth-order valence-corrected chi connectivity index (χ4v) is 2.16. The number of hydrogen-bond acceptors (Lipinski definition) is 5. The van der Waals surface area contributed by atoms with E-state index in [-0.39, 0.29) is 5.95 Å². The van der Waals surface area contributed by atoms with Gasteiger partial charge in [0, 0.05) is 30.2 Å². The van der Waals surface area contributed by atoms with Gasteiger partial charge >= 0.3 is 6.18 Å². The first-order chi connectivity index (χ1) is 12.5. The van der Waals surface area contributed by atoms with Gasteiger partial charge in [-0.1, -0.05) is 6.07 Å².